The zero-order chi connectivity index (χ0) is 22.4. The fourth-order valence-corrected chi connectivity index (χ4v) is 6.57. The lowest BCUT2D eigenvalue weighted by Gasteiger charge is -2.17. The topological polar surface area (TPSA) is 0 Å². The van der Waals surface area contributed by atoms with Crippen molar-refractivity contribution in [1.29, 1.82) is 0 Å². The Kier molecular flexibility index (Phi) is 18.7. The van der Waals surface area contributed by atoms with E-state index in [2.05, 4.69) is 69.3 Å². The van der Waals surface area contributed by atoms with Crippen molar-refractivity contribution in [2.24, 2.45) is 0 Å². The molecule has 0 saturated carbocycles. The van der Waals surface area contributed by atoms with E-state index in [1.807, 2.05) is 12.1 Å². The Morgan fingerprint density at radius 3 is 1.03 bits per heavy atom. The SMILES string of the molecule is CCCCCCP(CCCCCC)CCCCCC.c1ccc(-c2ccccc2)cc1. The Morgan fingerprint density at radius 2 is 0.742 bits per heavy atom. The van der Waals surface area contributed by atoms with Crippen molar-refractivity contribution in [2.75, 3.05) is 18.5 Å². The first-order chi connectivity index (χ1) is 15.3. The first kappa shape index (κ1) is 27.9. The predicted octanol–water partition coefficient (Wildman–Crippen LogP) is 10.6. The van der Waals surface area contributed by atoms with E-state index in [9.17, 15) is 0 Å². The summed E-state index contributed by atoms with van der Waals surface area (Å²) in [5.74, 6) is 0. The zero-order valence-electron chi connectivity index (χ0n) is 20.8. The van der Waals surface area contributed by atoms with Gasteiger partial charge in [-0.15, -0.1) is 7.92 Å². The molecule has 0 aliphatic heterocycles. The number of benzene rings is 2. The minimum atomic E-state index is 0.389. The molecule has 0 fully saturated rings. The third-order valence-electron chi connectivity index (χ3n) is 5.86. The summed E-state index contributed by atoms with van der Waals surface area (Å²) in [6.45, 7) is 6.95. The van der Waals surface area contributed by atoms with Gasteiger partial charge in [0.2, 0.25) is 0 Å². The number of hydrogen-bond donors (Lipinski definition) is 0. The molecule has 174 valence electrons. The van der Waals surface area contributed by atoms with Crippen LogP contribution in [0.5, 0.6) is 0 Å². The van der Waals surface area contributed by atoms with Crippen LogP contribution < -0.4 is 0 Å². The minimum absolute atomic E-state index is 0.389. The Labute approximate surface area is 196 Å². The van der Waals surface area contributed by atoms with Gasteiger partial charge in [-0.05, 0) is 48.9 Å². The number of unbranched alkanes of at least 4 members (excludes halogenated alkanes) is 9. The van der Waals surface area contributed by atoms with Crippen molar-refractivity contribution < 1.29 is 0 Å². The lowest BCUT2D eigenvalue weighted by molar-refractivity contribution is 0.687. The Bertz CT molecular complexity index is 526. The quantitative estimate of drug-likeness (QED) is 0.180. The summed E-state index contributed by atoms with van der Waals surface area (Å²) in [6.07, 6.45) is 22.2. The highest BCUT2D eigenvalue weighted by Gasteiger charge is 2.07. The first-order valence-electron chi connectivity index (χ1n) is 13.1. The van der Waals surface area contributed by atoms with Gasteiger partial charge < -0.3 is 0 Å². The van der Waals surface area contributed by atoms with E-state index in [0.29, 0.717) is 7.92 Å². The van der Waals surface area contributed by atoms with Crippen LogP contribution in [0.3, 0.4) is 0 Å². The van der Waals surface area contributed by atoms with Crippen LogP contribution in [-0.4, -0.2) is 18.5 Å². The van der Waals surface area contributed by atoms with Gasteiger partial charge in [-0.2, -0.15) is 0 Å². The second-order valence-corrected chi connectivity index (χ2v) is 11.4. The average molecular weight is 441 g/mol. The van der Waals surface area contributed by atoms with Gasteiger partial charge in [0.1, 0.15) is 0 Å². The molecule has 31 heavy (non-hydrogen) atoms. The van der Waals surface area contributed by atoms with Gasteiger partial charge in [0.25, 0.3) is 0 Å². The Morgan fingerprint density at radius 1 is 0.419 bits per heavy atom. The van der Waals surface area contributed by atoms with Gasteiger partial charge in [0.05, 0.1) is 0 Å². The summed E-state index contributed by atoms with van der Waals surface area (Å²) >= 11 is 0. The molecule has 0 bridgehead atoms. The van der Waals surface area contributed by atoms with Gasteiger partial charge in [-0.25, -0.2) is 0 Å². The molecular formula is C30H49P. The summed E-state index contributed by atoms with van der Waals surface area (Å²) in [5.41, 5.74) is 2.55. The maximum atomic E-state index is 2.32. The normalized spacial score (nSPS) is 10.7. The van der Waals surface area contributed by atoms with Crippen LogP contribution in [0, 0.1) is 0 Å². The number of hydrogen-bond acceptors (Lipinski definition) is 0. The molecule has 0 aliphatic carbocycles. The third kappa shape index (κ3) is 15.3. The summed E-state index contributed by atoms with van der Waals surface area (Å²) in [6, 6.07) is 20.8. The highest BCUT2D eigenvalue weighted by Crippen LogP contribution is 2.39. The molecule has 0 atom stereocenters. The van der Waals surface area contributed by atoms with Crippen molar-refractivity contribution in [3.8, 4) is 11.1 Å². The van der Waals surface area contributed by atoms with Crippen LogP contribution in [0.15, 0.2) is 60.7 Å². The molecule has 1 heteroatoms. The molecule has 0 saturated heterocycles. The van der Waals surface area contributed by atoms with Crippen LogP contribution >= 0.6 is 7.92 Å². The van der Waals surface area contributed by atoms with Crippen molar-refractivity contribution in [2.45, 2.75) is 97.8 Å². The van der Waals surface area contributed by atoms with E-state index in [-0.39, 0.29) is 0 Å². The minimum Gasteiger partial charge on any atom is -0.107 e. The largest absolute Gasteiger partial charge is 0.107 e. The molecule has 2 rings (SSSR count). The van der Waals surface area contributed by atoms with E-state index in [0.717, 1.165) is 0 Å². The van der Waals surface area contributed by atoms with Crippen LogP contribution in [0.25, 0.3) is 11.1 Å². The maximum Gasteiger partial charge on any atom is -0.0184 e. The van der Waals surface area contributed by atoms with Crippen LogP contribution in [-0.2, 0) is 0 Å². The molecule has 2 aromatic rings. The summed E-state index contributed by atoms with van der Waals surface area (Å²) in [7, 11) is 0.389. The third-order valence-corrected chi connectivity index (χ3v) is 8.71. The molecule has 0 heterocycles. The Balaban J connectivity index is 0.000000339. The summed E-state index contributed by atoms with van der Waals surface area (Å²) in [4.78, 5) is 0. The smallest absolute Gasteiger partial charge is 0.0184 e. The highest BCUT2D eigenvalue weighted by atomic mass is 31.1. The molecule has 0 aromatic heterocycles. The second-order valence-electron chi connectivity index (χ2n) is 8.76. The van der Waals surface area contributed by atoms with E-state index >= 15 is 0 Å². The van der Waals surface area contributed by atoms with E-state index in [1.165, 1.54) is 88.2 Å². The van der Waals surface area contributed by atoms with Crippen molar-refractivity contribution >= 4 is 7.92 Å². The van der Waals surface area contributed by atoms with Crippen LogP contribution in [0.1, 0.15) is 97.8 Å². The summed E-state index contributed by atoms with van der Waals surface area (Å²) < 4.78 is 0. The molecular weight excluding hydrogens is 391 g/mol. The average Bonchev–Trinajstić information content (AvgIpc) is 2.83. The molecule has 0 spiro atoms. The first-order valence-corrected chi connectivity index (χ1v) is 15.0. The standard InChI is InChI=1S/C18H39P.C12H10/c1-4-7-10-13-16-19(17-14-11-8-5-2)18-15-12-9-6-3;1-3-7-11(8-4-1)12-9-5-2-6-10-12/h4-18H2,1-3H3;1-10H. The van der Waals surface area contributed by atoms with E-state index < -0.39 is 0 Å². The summed E-state index contributed by atoms with van der Waals surface area (Å²) in [5, 5.41) is 0. The highest BCUT2D eigenvalue weighted by molar-refractivity contribution is 7.57. The van der Waals surface area contributed by atoms with Gasteiger partial charge in [-0.1, -0.05) is 139 Å². The zero-order valence-corrected chi connectivity index (χ0v) is 21.7. The second kappa shape index (κ2) is 20.8. The van der Waals surface area contributed by atoms with E-state index in [1.54, 1.807) is 18.5 Å². The molecule has 0 unspecified atom stereocenters. The van der Waals surface area contributed by atoms with Crippen LogP contribution in [0.2, 0.25) is 0 Å². The van der Waals surface area contributed by atoms with Gasteiger partial charge in [0, 0.05) is 0 Å². The lowest BCUT2D eigenvalue weighted by atomic mass is 10.1. The van der Waals surface area contributed by atoms with E-state index in [4.69, 9.17) is 0 Å². The van der Waals surface area contributed by atoms with Gasteiger partial charge in [0.15, 0.2) is 0 Å². The fraction of sp³-hybridized carbons (Fsp3) is 0.600. The maximum absolute atomic E-state index is 2.32. The van der Waals surface area contributed by atoms with Crippen molar-refractivity contribution in [1.82, 2.24) is 0 Å². The molecule has 0 radical (unpaired) electrons. The van der Waals surface area contributed by atoms with Crippen molar-refractivity contribution in [3.63, 3.8) is 0 Å². The molecule has 2 aromatic carbocycles. The number of rotatable bonds is 16. The van der Waals surface area contributed by atoms with Crippen LogP contribution in [0.4, 0.5) is 0 Å². The Hall–Kier alpha value is -1.13. The lowest BCUT2D eigenvalue weighted by Crippen LogP contribution is -1.97. The molecule has 0 N–H and O–H groups in total. The molecule has 0 nitrogen and oxygen atoms in total. The predicted molar refractivity (Wildman–Crippen MR) is 146 cm³/mol. The monoisotopic (exact) mass is 440 g/mol. The van der Waals surface area contributed by atoms with Gasteiger partial charge in [-0.3, -0.25) is 0 Å². The van der Waals surface area contributed by atoms with Crippen molar-refractivity contribution in [3.05, 3.63) is 60.7 Å². The van der Waals surface area contributed by atoms with Gasteiger partial charge >= 0.3 is 0 Å². The molecule has 0 aliphatic rings. The molecule has 0 amide bonds. The fourth-order valence-electron chi connectivity index (χ4n) is 3.88.